The Morgan fingerprint density at radius 1 is 1.14 bits per heavy atom. The third-order valence-electron chi connectivity index (χ3n) is 5.29. The minimum Gasteiger partial charge on any atom is -0.339 e. The van der Waals surface area contributed by atoms with Gasteiger partial charge in [-0.15, -0.1) is 11.8 Å². The lowest BCUT2D eigenvalue weighted by Gasteiger charge is -2.18. The summed E-state index contributed by atoms with van der Waals surface area (Å²) in [6.45, 7) is 7.12. The monoisotopic (exact) mass is 407 g/mol. The van der Waals surface area contributed by atoms with E-state index < -0.39 is 0 Å². The van der Waals surface area contributed by atoms with E-state index in [0.717, 1.165) is 16.1 Å². The molecule has 1 fully saturated rings. The maximum Gasteiger partial charge on any atom is 0.232 e. The van der Waals surface area contributed by atoms with Gasteiger partial charge in [-0.2, -0.15) is 4.98 Å². The molecule has 0 aliphatic carbocycles. The van der Waals surface area contributed by atoms with E-state index in [-0.39, 0.29) is 17.2 Å². The Hall–Kier alpha value is -2.60. The van der Waals surface area contributed by atoms with Gasteiger partial charge in [-0.3, -0.25) is 4.79 Å². The van der Waals surface area contributed by atoms with Gasteiger partial charge in [-0.1, -0.05) is 56.3 Å². The zero-order valence-corrected chi connectivity index (χ0v) is 18.0. The highest BCUT2D eigenvalue weighted by Gasteiger charge is 2.35. The molecule has 0 spiro atoms. The normalized spacial score (nSPS) is 17.2. The van der Waals surface area contributed by atoms with E-state index >= 15 is 0 Å². The van der Waals surface area contributed by atoms with Crippen molar-refractivity contribution in [1.29, 1.82) is 0 Å². The van der Waals surface area contributed by atoms with Crippen molar-refractivity contribution in [2.24, 2.45) is 0 Å². The zero-order valence-electron chi connectivity index (χ0n) is 17.2. The van der Waals surface area contributed by atoms with Crippen molar-refractivity contribution in [3.8, 4) is 11.4 Å². The molecule has 1 aliphatic heterocycles. The minimum atomic E-state index is -0.0875. The number of anilines is 1. The van der Waals surface area contributed by atoms with Crippen LogP contribution in [0.3, 0.4) is 0 Å². The van der Waals surface area contributed by atoms with Crippen molar-refractivity contribution in [2.45, 2.75) is 43.4 Å². The van der Waals surface area contributed by atoms with Crippen molar-refractivity contribution in [2.75, 3.05) is 17.7 Å². The predicted octanol–water partition coefficient (Wildman–Crippen LogP) is 5.28. The van der Waals surface area contributed by atoms with Crippen LogP contribution in [0.25, 0.3) is 11.4 Å². The molecule has 2 aromatic carbocycles. The molecule has 0 bridgehead atoms. The lowest BCUT2D eigenvalue weighted by atomic mass is 9.87. The number of carbonyl (C=O) groups is 1. The SMILES string of the molecule is CSc1cccc(N2CC(c3nc(-c4ccc(C(C)(C)C)cc4)no3)CC2=O)c1. The van der Waals surface area contributed by atoms with Crippen LogP contribution in [0.4, 0.5) is 5.69 Å². The fraction of sp³-hybridized carbons (Fsp3) is 0.348. The van der Waals surface area contributed by atoms with Gasteiger partial charge in [0.15, 0.2) is 0 Å². The Labute approximate surface area is 175 Å². The summed E-state index contributed by atoms with van der Waals surface area (Å²) in [5.41, 5.74) is 3.19. The highest BCUT2D eigenvalue weighted by Crippen LogP contribution is 2.33. The first-order valence-corrected chi connectivity index (χ1v) is 11.0. The number of benzene rings is 2. The van der Waals surface area contributed by atoms with Crippen LogP contribution in [0.15, 0.2) is 57.9 Å². The van der Waals surface area contributed by atoms with Crippen LogP contribution in [-0.4, -0.2) is 28.8 Å². The Balaban J connectivity index is 1.52. The van der Waals surface area contributed by atoms with E-state index in [1.54, 1.807) is 11.8 Å². The van der Waals surface area contributed by atoms with Gasteiger partial charge in [-0.25, -0.2) is 0 Å². The molecule has 1 aromatic heterocycles. The quantitative estimate of drug-likeness (QED) is 0.551. The average molecular weight is 408 g/mol. The van der Waals surface area contributed by atoms with Crippen molar-refractivity contribution in [1.82, 2.24) is 10.1 Å². The first kappa shape index (κ1) is 19.7. The Morgan fingerprint density at radius 3 is 2.59 bits per heavy atom. The molecular formula is C23H25N3O2S. The molecule has 0 saturated carbocycles. The summed E-state index contributed by atoms with van der Waals surface area (Å²) >= 11 is 1.66. The lowest BCUT2D eigenvalue weighted by Crippen LogP contribution is -2.24. The molecule has 1 amide bonds. The third kappa shape index (κ3) is 4.08. The van der Waals surface area contributed by atoms with E-state index in [1.165, 1.54) is 5.56 Å². The average Bonchev–Trinajstić information content (AvgIpc) is 3.34. The first-order chi connectivity index (χ1) is 13.8. The van der Waals surface area contributed by atoms with Crippen LogP contribution in [0.1, 0.15) is 44.6 Å². The molecule has 1 aliphatic rings. The summed E-state index contributed by atoms with van der Waals surface area (Å²) in [4.78, 5) is 20.1. The molecule has 6 heteroatoms. The van der Waals surface area contributed by atoms with Crippen LogP contribution >= 0.6 is 11.8 Å². The summed E-state index contributed by atoms with van der Waals surface area (Å²) in [5.74, 6) is 1.09. The molecule has 4 rings (SSSR count). The number of aromatic nitrogens is 2. The molecule has 0 radical (unpaired) electrons. The van der Waals surface area contributed by atoms with Crippen LogP contribution in [0.2, 0.25) is 0 Å². The maximum absolute atomic E-state index is 12.6. The molecule has 0 N–H and O–H groups in total. The number of hydrogen-bond acceptors (Lipinski definition) is 5. The number of amides is 1. The maximum atomic E-state index is 12.6. The minimum absolute atomic E-state index is 0.0857. The summed E-state index contributed by atoms with van der Waals surface area (Å²) in [6, 6.07) is 16.3. The highest BCUT2D eigenvalue weighted by molar-refractivity contribution is 7.98. The van der Waals surface area contributed by atoms with Gasteiger partial charge < -0.3 is 9.42 Å². The van der Waals surface area contributed by atoms with E-state index in [1.807, 2.05) is 47.6 Å². The van der Waals surface area contributed by atoms with Gasteiger partial charge in [0, 0.05) is 29.1 Å². The standard InChI is InChI=1S/C23H25N3O2S/c1-23(2,3)17-10-8-15(9-11-17)21-24-22(28-25-21)16-12-20(27)26(14-16)18-6-5-7-19(13-18)29-4/h5-11,13,16H,12,14H2,1-4H3. The number of carbonyl (C=O) groups excluding carboxylic acids is 1. The van der Waals surface area contributed by atoms with Crippen LogP contribution in [-0.2, 0) is 10.2 Å². The molecule has 29 heavy (non-hydrogen) atoms. The molecular weight excluding hydrogens is 382 g/mol. The van der Waals surface area contributed by atoms with E-state index in [0.29, 0.717) is 24.7 Å². The Kier molecular flexibility index (Phi) is 5.21. The molecule has 3 aromatic rings. The largest absolute Gasteiger partial charge is 0.339 e. The van der Waals surface area contributed by atoms with Crippen LogP contribution < -0.4 is 4.90 Å². The van der Waals surface area contributed by atoms with Crippen molar-refractivity contribution in [3.05, 3.63) is 60.0 Å². The van der Waals surface area contributed by atoms with Crippen molar-refractivity contribution >= 4 is 23.4 Å². The molecule has 1 saturated heterocycles. The topological polar surface area (TPSA) is 59.2 Å². The Bertz CT molecular complexity index is 1020. The second-order valence-corrected chi connectivity index (χ2v) is 9.27. The third-order valence-corrected chi connectivity index (χ3v) is 6.02. The fourth-order valence-electron chi connectivity index (χ4n) is 3.54. The zero-order chi connectivity index (χ0) is 20.6. The smallest absolute Gasteiger partial charge is 0.232 e. The molecule has 150 valence electrons. The Morgan fingerprint density at radius 2 is 1.90 bits per heavy atom. The summed E-state index contributed by atoms with van der Waals surface area (Å²) in [7, 11) is 0. The van der Waals surface area contributed by atoms with Gasteiger partial charge in [0.05, 0.1) is 5.92 Å². The van der Waals surface area contributed by atoms with Gasteiger partial charge in [0.25, 0.3) is 0 Å². The second kappa shape index (κ2) is 7.67. The molecule has 1 atom stereocenters. The first-order valence-electron chi connectivity index (χ1n) is 9.74. The number of rotatable bonds is 4. The lowest BCUT2D eigenvalue weighted by molar-refractivity contribution is -0.117. The number of hydrogen-bond donors (Lipinski definition) is 0. The van der Waals surface area contributed by atoms with E-state index in [2.05, 4.69) is 43.0 Å². The highest BCUT2D eigenvalue weighted by atomic mass is 32.2. The van der Waals surface area contributed by atoms with Crippen molar-refractivity contribution < 1.29 is 9.32 Å². The molecule has 5 nitrogen and oxygen atoms in total. The second-order valence-electron chi connectivity index (χ2n) is 8.39. The van der Waals surface area contributed by atoms with Gasteiger partial charge >= 0.3 is 0 Å². The van der Waals surface area contributed by atoms with Crippen molar-refractivity contribution in [3.63, 3.8) is 0 Å². The summed E-state index contributed by atoms with van der Waals surface area (Å²) in [6.07, 6.45) is 2.41. The molecule has 2 heterocycles. The van der Waals surface area contributed by atoms with Crippen LogP contribution in [0, 0.1) is 0 Å². The van der Waals surface area contributed by atoms with Gasteiger partial charge in [0.1, 0.15) is 0 Å². The summed E-state index contributed by atoms with van der Waals surface area (Å²) in [5, 5.41) is 4.15. The van der Waals surface area contributed by atoms with E-state index in [9.17, 15) is 4.79 Å². The van der Waals surface area contributed by atoms with Gasteiger partial charge in [0.2, 0.25) is 17.6 Å². The van der Waals surface area contributed by atoms with Crippen LogP contribution in [0.5, 0.6) is 0 Å². The summed E-state index contributed by atoms with van der Waals surface area (Å²) < 4.78 is 5.53. The fourth-order valence-corrected chi connectivity index (χ4v) is 3.99. The van der Waals surface area contributed by atoms with E-state index in [4.69, 9.17) is 4.52 Å². The number of thioether (sulfide) groups is 1. The predicted molar refractivity (Wildman–Crippen MR) is 116 cm³/mol. The van der Waals surface area contributed by atoms with Gasteiger partial charge in [-0.05, 0) is 35.4 Å². The number of nitrogens with zero attached hydrogens (tertiary/aromatic N) is 3. The molecule has 1 unspecified atom stereocenters.